The Bertz CT molecular complexity index is 780. The second-order valence-electron chi connectivity index (χ2n) is 6.82. The Hall–Kier alpha value is -2.67. The van der Waals surface area contributed by atoms with E-state index >= 15 is 0 Å². The molecule has 7 nitrogen and oxygen atoms in total. The van der Waals surface area contributed by atoms with Crippen LogP contribution in [0.2, 0.25) is 0 Å². The molecule has 27 heavy (non-hydrogen) atoms. The first kappa shape index (κ1) is 19.1. The summed E-state index contributed by atoms with van der Waals surface area (Å²) in [6.45, 7) is 4.94. The fourth-order valence-electron chi connectivity index (χ4n) is 3.16. The highest BCUT2D eigenvalue weighted by Gasteiger charge is 2.17. The second kappa shape index (κ2) is 9.32. The normalized spacial score (nSPS) is 16.7. The molecule has 7 heteroatoms. The van der Waals surface area contributed by atoms with Crippen LogP contribution in [0.15, 0.2) is 36.5 Å². The zero-order chi connectivity index (χ0) is 19.1. The lowest BCUT2D eigenvalue weighted by molar-refractivity contribution is 0.0941. The number of carbonyl (C=O) groups is 2. The summed E-state index contributed by atoms with van der Waals surface area (Å²) >= 11 is 0. The first-order valence-corrected chi connectivity index (χ1v) is 9.58. The molecule has 0 saturated carbocycles. The average Bonchev–Trinajstić information content (AvgIpc) is 3.21. The molecule has 1 fully saturated rings. The minimum Gasteiger partial charge on any atom is -0.352 e. The van der Waals surface area contributed by atoms with Gasteiger partial charge in [-0.3, -0.25) is 14.3 Å². The van der Waals surface area contributed by atoms with Gasteiger partial charge in [0.1, 0.15) is 5.69 Å². The summed E-state index contributed by atoms with van der Waals surface area (Å²) < 4.78 is 1.87. The number of carbonyl (C=O) groups excluding carboxylic acids is 2. The van der Waals surface area contributed by atoms with E-state index in [9.17, 15) is 9.59 Å². The third-order valence-corrected chi connectivity index (χ3v) is 4.66. The number of amides is 2. The van der Waals surface area contributed by atoms with Gasteiger partial charge in [-0.15, -0.1) is 0 Å². The van der Waals surface area contributed by atoms with E-state index in [1.54, 1.807) is 18.2 Å². The van der Waals surface area contributed by atoms with Crippen LogP contribution in [0.25, 0.3) is 0 Å². The molecule has 1 atom stereocenters. The minimum atomic E-state index is -0.210. The summed E-state index contributed by atoms with van der Waals surface area (Å²) in [6, 6.07) is 9.35. The Morgan fingerprint density at radius 1 is 1.26 bits per heavy atom. The molecule has 1 aromatic heterocycles. The Labute approximate surface area is 159 Å². The van der Waals surface area contributed by atoms with Crippen LogP contribution < -0.4 is 16.0 Å². The summed E-state index contributed by atoms with van der Waals surface area (Å²) in [5, 5.41) is 13.5. The lowest BCUT2D eigenvalue weighted by Crippen LogP contribution is -2.32. The Morgan fingerprint density at radius 3 is 2.93 bits per heavy atom. The van der Waals surface area contributed by atoms with Crippen molar-refractivity contribution in [2.45, 2.75) is 38.8 Å². The van der Waals surface area contributed by atoms with E-state index in [0.29, 0.717) is 30.4 Å². The number of piperidine rings is 1. The first-order valence-electron chi connectivity index (χ1n) is 9.58. The van der Waals surface area contributed by atoms with Crippen molar-refractivity contribution >= 4 is 11.8 Å². The van der Waals surface area contributed by atoms with Gasteiger partial charge in [0.15, 0.2) is 0 Å². The number of hydrogen-bond donors (Lipinski definition) is 3. The van der Waals surface area contributed by atoms with E-state index < -0.39 is 0 Å². The van der Waals surface area contributed by atoms with Gasteiger partial charge in [0.25, 0.3) is 11.8 Å². The average molecular weight is 369 g/mol. The van der Waals surface area contributed by atoms with Crippen LogP contribution in [0.5, 0.6) is 0 Å². The van der Waals surface area contributed by atoms with Gasteiger partial charge in [0, 0.05) is 31.4 Å². The monoisotopic (exact) mass is 369 g/mol. The quantitative estimate of drug-likeness (QED) is 0.695. The highest BCUT2D eigenvalue weighted by Crippen LogP contribution is 2.15. The predicted molar refractivity (Wildman–Crippen MR) is 104 cm³/mol. The maximum Gasteiger partial charge on any atom is 0.272 e. The molecule has 0 aliphatic carbocycles. The van der Waals surface area contributed by atoms with Crippen LogP contribution in [0.1, 0.15) is 58.6 Å². The standard InChI is InChI=1S/C20H27N5O2/c1-2-9-22-19(26)16-6-3-5-15(12-16)13-23-20(27)18-8-11-25(24-18)17-7-4-10-21-14-17/h3,5-6,8,11-12,17,21H,2,4,7,9-10,13-14H2,1H3,(H,22,26)(H,23,27). The van der Waals surface area contributed by atoms with Gasteiger partial charge in [-0.05, 0) is 49.6 Å². The van der Waals surface area contributed by atoms with Crippen LogP contribution in [-0.4, -0.2) is 41.2 Å². The van der Waals surface area contributed by atoms with E-state index in [1.807, 2.05) is 29.9 Å². The maximum atomic E-state index is 12.4. The largest absolute Gasteiger partial charge is 0.352 e. The number of rotatable bonds is 7. The van der Waals surface area contributed by atoms with Crippen LogP contribution in [0.4, 0.5) is 0 Å². The number of benzene rings is 1. The maximum absolute atomic E-state index is 12.4. The van der Waals surface area contributed by atoms with Crippen molar-refractivity contribution in [2.75, 3.05) is 19.6 Å². The number of nitrogens with one attached hydrogen (secondary N) is 3. The van der Waals surface area contributed by atoms with Gasteiger partial charge in [0.05, 0.1) is 6.04 Å². The molecule has 1 unspecified atom stereocenters. The van der Waals surface area contributed by atoms with Crippen molar-refractivity contribution in [1.29, 1.82) is 0 Å². The van der Waals surface area contributed by atoms with Gasteiger partial charge < -0.3 is 16.0 Å². The zero-order valence-corrected chi connectivity index (χ0v) is 15.7. The zero-order valence-electron chi connectivity index (χ0n) is 15.7. The predicted octanol–water partition coefficient (Wildman–Crippen LogP) is 1.88. The number of nitrogens with zero attached hydrogens (tertiary/aromatic N) is 2. The molecular weight excluding hydrogens is 342 g/mol. The summed E-state index contributed by atoms with van der Waals surface area (Å²) in [4.78, 5) is 24.4. The molecule has 2 aromatic rings. The minimum absolute atomic E-state index is 0.0927. The highest BCUT2D eigenvalue weighted by molar-refractivity contribution is 5.94. The van der Waals surface area contributed by atoms with Gasteiger partial charge in [-0.25, -0.2) is 0 Å². The van der Waals surface area contributed by atoms with Gasteiger partial charge in [-0.2, -0.15) is 5.10 Å². The second-order valence-corrected chi connectivity index (χ2v) is 6.82. The molecule has 0 spiro atoms. The van der Waals surface area contributed by atoms with E-state index in [1.165, 1.54) is 0 Å². The van der Waals surface area contributed by atoms with E-state index in [4.69, 9.17) is 0 Å². The molecule has 3 N–H and O–H groups in total. The molecule has 1 saturated heterocycles. The molecular formula is C20H27N5O2. The third kappa shape index (κ3) is 5.17. The molecule has 3 rings (SSSR count). The van der Waals surface area contributed by atoms with Crippen LogP contribution in [-0.2, 0) is 6.54 Å². The van der Waals surface area contributed by atoms with Crippen molar-refractivity contribution in [3.05, 3.63) is 53.3 Å². The molecule has 0 bridgehead atoms. The lowest BCUT2D eigenvalue weighted by Gasteiger charge is -2.22. The van der Waals surface area contributed by atoms with Crippen molar-refractivity contribution in [3.63, 3.8) is 0 Å². The fraction of sp³-hybridized carbons (Fsp3) is 0.450. The highest BCUT2D eigenvalue weighted by atomic mass is 16.2. The smallest absolute Gasteiger partial charge is 0.272 e. The van der Waals surface area contributed by atoms with Gasteiger partial charge in [-0.1, -0.05) is 19.1 Å². The number of aromatic nitrogens is 2. The molecule has 1 aliphatic heterocycles. The Morgan fingerprint density at radius 2 is 2.15 bits per heavy atom. The lowest BCUT2D eigenvalue weighted by atomic mass is 10.1. The van der Waals surface area contributed by atoms with Crippen molar-refractivity contribution in [3.8, 4) is 0 Å². The molecule has 2 heterocycles. The molecule has 2 amide bonds. The SMILES string of the molecule is CCCNC(=O)c1cccc(CNC(=O)c2ccn(C3CCCNC3)n2)c1. The van der Waals surface area contributed by atoms with Crippen LogP contribution in [0.3, 0.4) is 0 Å². The molecule has 0 radical (unpaired) electrons. The van der Waals surface area contributed by atoms with Gasteiger partial charge in [0.2, 0.25) is 0 Å². The van der Waals surface area contributed by atoms with Crippen molar-refractivity contribution in [1.82, 2.24) is 25.7 Å². The topological polar surface area (TPSA) is 88.0 Å². The van der Waals surface area contributed by atoms with E-state index in [-0.39, 0.29) is 11.8 Å². The summed E-state index contributed by atoms with van der Waals surface area (Å²) in [6.07, 6.45) is 4.95. The summed E-state index contributed by atoms with van der Waals surface area (Å²) in [5.74, 6) is -0.303. The van der Waals surface area contributed by atoms with Gasteiger partial charge >= 0.3 is 0 Å². The van der Waals surface area contributed by atoms with Crippen molar-refractivity contribution < 1.29 is 9.59 Å². The van der Waals surface area contributed by atoms with Crippen LogP contribution in [0, 0.1) is 0 Å². The fourth-order valence-corrected chi connectivity index (χ4v) is 3.16. The summed E-state index contributed by atoms with van der Waals surface area (Å²) in [7, 11) is 0. The van der Waals surface area contributed by atoms with E-state index in [0.717, 1.165) is 37.9 Å². The Balaban J connectivity index is 1.56. The first-order chi connectivity index (χ1) is 13.2. The van der Waals surface area contributed by atoms with E-state index in [2.05, 4.69) is 21.0 Å². The number of hydrogen-bond acceptors (Lipinski definition) is 4. The Kier molecular flexibility index (Phi) is 6.59. The third-order valence-electron chi connectivity index (χ3n) is 4.66. The molecule has 144 valence electrons. The van der Waals surface area contributed by atoms with Crippen LogP contribution >= 0.6 is 0 Å². The van der Waals surface area contributed by atoms with Crippen molar-refractivity contribution in [2.24, 2.45) is 0 Å². The molecule has 1 aliphatic rings. The molecule has 1 aromatic carbocycles. The summed E-state index contributed by atoms with van der Waals surface area (Å²) in [5.41, 5.74) is 1.89.